The molecule has 0 aliphatic carbocycles. The lowest BCUT2D eigenvalue weighted by Crippen LogP contribution is -2.23. The number of anilines is 1. The fourth-order valence-electron chi connectivity index (χ4n) is 1.85. The van der Waals surface area contributed by atoms with Crippen LogP contribution in [0.2, 0.25) is 0 Å². The van der Waals surface area contributed by atoms with E-state index in [2.05, 4.69) is 16.6 Å². The fraction of sp³-hybridized carbons (Fsp3) is 0.0625. The van der Waals surface area contributed by atoms with E-state index >= 15 is 0 Å². The molecule has 0 saturated heterocycles. The maximum Gasteiger partial charge on any atom is 0.261 e. The van der Waals surface area contributed by atoms with Crippen LogP contribution >= 0.6 is 0 Å². The van der Waals surface area contributed by atoms with Crippen molar-refractivity contribution in [2.24, 2.45) is 0 Å². The van der Waals surface area contributed by atoms with E-state index < -0.39 is 32.5 Å². The van der Waals surface area contributed by atoms with E-state index in [0.29, 0.717) is 6.07 Å². The number of nitrogens with one attached hydrogen (secondary N) is 2. The Bertz CT molecular complexity index is 883. The van der Waals surface area contributed by atoms with Crippen molar-refractivity contribution in [1.29, 1.82) is 0 Å². The molecule has 0 atom stereocenters. The van der Waals surface area contributed by atoms with Crippen molar-refractivity contribution in [2.45, 2.75) is 4.90 Å². The third kappa shape index (κ3) is 4.17. The zero-order chi connectivity index (χ0) is 17.7. The molecule has 24 heavy (non-hydrogen) atoms. The summed E-state index contributed by atoms with van der Waals surface area (Å²) in [5, 5.41) is 2.56. The van der Waals surface area contributed by atoms with E-state index in [-0.39, 0.29) is 17.8 Å². The molecule has 0 aliphatic heterocycles. The first kappa shape index (κ1) is 17.6. The number of sulfonamides is 1. The van der Waals surface area contributed by atoms with Crippen LogP contribution in [0.3, 0.4) is 0 Å². The van der Waals surface area contributed by atoms with Gasteiger partial charge in [0, 0.05) is 17.8 Å². The summed E-state index contributed by atoms with van der Waals surface area (Å²) < 4.78 is 52.7. The largest absolute Gasteiger partial charge is 0.349 e. The molecule has 0 unspecified atom stereocenters. The summed E-state index contributed by atoms with van der Waals surface area (Å²) >= 11 is 0. The molecule has 0 radical (unpaired) electrons. The van der Waals surface area contributed by atoms with E-state index in [0.717, 1.165) is 12.1 Å². The molecule has 0 saturated carbocycles. The van der Waals surface area contributed by atoms with Crippen LogP contribution in [0.25, 0.3) is 0 Å². The highest BCUT2D eigenvalue weighted by molar-refractivity contribution is 7.92. The molecule has 1 amide bonds. The third-order valence-corrected chi connectivity index (χ3v) is 4.36. The lowest BCUT2D eigenvalue weighted by atomic mass is 10.2. The Labute approximate surface area is 138 Å². The van der Waals surface area contributed by atoms with E-state index in [4.69, 9.17) is 0 Å². The first-order chi connectivity index (χ1) is 11.3. The zero-order valence-corrected chi connectivity index (χ0v) is 13.2. The standard InChI is InChI=1S/C16H14F2N2O3S/c1-2-8-19-16(21)11-4-3-5-12(9-11)20-24(22,23)13-6-7-14(17)15(18)10-13/h2-7,9-10,20H,1,8H2,(H,19,21). The van der Waals surface area contributed by atoms with Crippen LogP contribution < -0.4 is 10.0 Å². The Morgan fingerprint density at radius 1 is 1.12 bits per heavy atom. The van der Waals surface area contributed by atoms with Crippen molar-refractivity contribution in [3.05, 3.63) is 72.3 Å². The average molecular weight is 352 g/mol. The Kier molecular flexibility index (Phi) is 5.30. The van der Waals surface area contributed by atoms with E-state index in [1.807, 2.05) is 0 Å². The molecule has 0 spiro atoms. The van der Waals surface area contributed by atoms with Gasteiger partial charge < -0.3 is 5.32 Å². The Morgan fingerprint density at radius 2 is 1.88 bits per heavy atom. The summed E-state index contributed by atoms with van der Waals surface area (Å²) in [7, 11) is -4.12. The van der Waals surface area contributed by atoms with Gasteiger partial charge >= 0.3 is 0 Å². The second-order valence-electron chi connectivity index (χ2n) is 4.76. The highest BCUT2D eigenvalue weighted by atomic mass is 32.2. The van der Waals surface area contributed by atoms with Crippen LogP contribution in [-0.4, -0.2) is 20.9 Å². The molecule has 0 fully saturated rings. The summed E-state index contributed by atoms with van der Waals surface area (Å²) in [6.07, 6.45) is 1.51. The van der Waals surface area contributed by atoms with Gasteiger partial charge in [-0.25, -0.2) is 17.2 Å². The molecule has 0 aromatic heterocycles. The molecule has 5 nitrogen and oxygen atoms in total. The molecule has 8 heteroatoms. The zero-order valence-electron chi connectivity index (χ0n) is 12.4. The van der Waals surface area contributed by atoms with Gasteiger partial charge in [0.15, 0.2) is 11.6 Å². The summed E-state index contributed by atoms with van der Waals surface area (Å²) in [6.45, 7) is 3.74. The van der Waals surface area contributed by atoms with Gasteiger partial charge in [-0.15, -0.1) is 6.58 Å². The van der Waals surface area contributed by atoms with Crippen LogP contribution in [0, 0.1) is 11.6 Å². The second kappa shape index (κ2) is 7.22. The number of carbonyl (C=O) groups is 1. The molecule has 126 valence electrons. The number of carbonyl (C=O) groups excluding carboxylic acids is 1. The number of rotatable bonds is 6. The molecule has 2 aromatic carbocycles. The van der Waals surface area contributed by atoms with Gasteiger partial charge in [0.25, 0.3) is 15.9 Å². The number of hydrogen-bond donors (Lipinski definition) is 2. The first-order valence-electron chi connectivity index (χ1n) is 6.80. The maximum absolute atomic E-state index is 13.2. The third-order valence-electron chi connectivity index (χ3n) is 2.99. The second-order valence-corrected chi connectivity index (χ2v) is 6.44. The topological polar surface area (TPSA) is 75.3 Å². The number of halogens is 2. The Hall–Kier alpha value is -2.74. The quantitative estimate of drug-likeness (QED) is 0.785. The highest BCUT2D eigenvalue weighted by Crippen LogP contribution is 2.19. The maximum atomic E-state index is 13.2. The molecule has 0 bridgehead atoms. The first-order valence-corrected chi connectivity index (χ1v) is 8.29. The number of benzene rings is 2. The summed E-state index contributed by atoms with van der Waals surface area (Å²) in [6, 6.07) is 8.01. The molecular formula is C16H14F2N2O3S. The molecular weight excluding hydrogens is 338 g/mol. The van der Waals surface area contributed by atoms with E-state index in [1.54, 1.807) is 0 Å². The molecule has 0 heterocycles. The minimum atomic E-state index is -4.12. The van der Waals surface area contributed by atoms with Crippen LogP contribution in [0.5, 0.6) is 0 Å². The summed E-state index contributed by atoms with van der Waals surface area (Å²) in [5.41, 5.74) is 0.355. The monoisotopic (exact) mass is 352 g/mol. The summed E-state index contributed by atoms with van der Waals surface area (Å²) in [5.74, 6) is -2.81. The number of amides is 1. The minimum Gasteiger partial charge on any atom is -0.349 e. The lowest BCUT2D eigenvalue weighted by molar-refractivity contribution is 0.0958. The average Bonchev–Trinajstić information content (AvgIpc) is 2.54. The van der Waals surface area contributed by atoms with Crippen molar-refractivity contribution in [3.63, 3.8) is 0 Å². The predicted molar refractivity (Wildman–Crippen MR) is 86.1 cm³/mol. The van der Waals surface area contributed by atoms with Gasteiger partial charge in [-0.05, 0) is 36.4 Å². The van der Waals surface area contributed by atoms with Crippen LogP contribution in [0.1, 0.15) is 10.4 Å². The normalized spacial score (nSPS) is 10.9. The molecule has 2 N–H and O–H groups in total. The summed E-state index contributed by atoms with van der Waals surface area (Å²) in [4.78, 5) is 11.4. The minimum absolute atomic E-state index is 0.117. The van der Waals surface area contributed by atoms with Crippen molar-refractivity contribution in [1.82, 2.24) is 5.32 Å². The van der Waals surface area contributed by atoms with Crippen molar-refractivity contribution < 1.29 is 22.0 Å². The van der Waals surface area contributed by atoms with Gasteiger partial charge in [-0.1, -0.05) is 12.1 Å². The van der Waals surface area contributed by atoms with Crippen LogP contribution in [0.15, 0.2) is 60.0 Å². The van der Waals surface area contributed by atoms with Gasteiger partial charge in [0.1, 0.15) is 0 Å². The van der Waals surface area contributed by atoms with E-state index in [9.17, 15) is 22.0 Å². The Morgan fingerprint density at radius 3 is 2.54 bits per heavy atom. The van der Waals surface area contributed by atoms with Gasteiger partial charge in [-0.3, -0.25) is 9.52 Å². The van der Waals surface area contributed by atoms with E-state index in [1.165, 1.54) is 30.3 Å². The SMILES string of the molecule is C=CCNC(=O)c1cccc(NS(=O)(=O)c2ccc(F)c(F)c2)c1. The van der Waals surface area contributed by atoms with Crippen molar-refractivity contribution >= 4 is 21.6 Å². The smallest absolute Gasteiger partial charge is 0.261 e. The van der Waals surface area contributed by atoms with Crippen LogP contribution in [0.4, 0.5) is 14.5 Å². The molecule has 2 rings (SSSR count). The van der Waals surface area contributed by atoms with Crippen LogP contribution in [-0.2, 0) is 10.0 Å². The lowest BCUT2D eigenvalue weighted by Gasteiger charge is -2.10. The van der Waals surface area contributed by atoms with Gasteiger partial charge in [0.05, 0.1) is 4.90 Å². The predicted octanol–water partition coefficient (Wildman–Crippen LogP) is 2.68. The van der Waals surface area contributed by atoms with Crippen molar-refractivity contribution in [2.75, 3.05) is 11.3 Å². The van der Waals surface area contributed by atoms with Crippen molar-refractivity contribution in [3.8, 4) is 0 Å². The fourth-order valence-corrected chi connectivity index (χ4v) is 2.91. The Balaban J connectivity index is 2.25. The molecule has 2 aromatic rings. The number of hydrogen-bond acceptors (Lipinski definition) is 3. The highest BCUT2D eigenvalue weighted by Gasteiger charge is 2.17. The van der Waals surface area contributed by atoms with Gasteiger partial charge in [0.2, 0.25) is 0 Å². The molecule has 0 aliphatic rings. The van der Waals surface area contributed by atoms with Gasteiger partial charge in [-0.2, -0.15) is 0 Å².